The summed E-state index contributed by atoms with van der Waals surface area (Å²) < 4.78 is 0. The molecule has 0 amide bonds. The monoisotopic (exact) mass is 170 g/mol. The molecule has 0 unspecified atom stereocenters. The zero-order valence-corrected chi connectivity index (χ0v) is 6.95. The van der Waals surface area contributed by atoms with Gasteiger partial charge in [0.15, 0.2) is 5.96 Å². The minimum atomic E-state index is 0.00467. The van der Waals surface area contributed by atoms with E-state index in [0.29, 0.717) is 13.1 Å². The van der Waals surface area contributed by atoms with Gasteiger partial charge in [0.2, 0.25) is 0 Å². The van der Waals surface area contributed by atoms with Crippen LogP contribution in [0.1, 0.15) is 19.3 Å². The van der Waals surface area contributed by atoms with Crippen molar-refractivity contribution in [2.75, 3.05) is 13.1 Å². The van der Waals surface area contributed by atoms with Crippen molar-refractivity contribution in [1.29, 1.82) is 5.41 Å². The lowest BCUT2D eigenvalue weighted by Crippen LogP contribution is -2.30. The first-order valence-electron chi connectivity index (χ1n) is 3.86. The molecule has 0 saturated carbocycles. The van der Waals surface area contributed by atoms with E-state index < -0.39 is 0 Å². The van der Waals surface area contributed by atoms with Crippen LogP contribution in [-0.4, -0.2) is 19.0 Å². The van der Waals surface area contributed by atoms with Crippen molar-refractivity contribution < 1.29 is 0 Å². The van der Waals surface area contributed by atoms with Crippen LogP contribution in [0.5, 0.6) is 0 Å². The molecule has 0 fully saturated rings. The van der Waals surface area contributed by atoms with Gasteiger partial charge in [0, 0.05) is 18.0 Å². The third-order valence-electron chi connectivity index (χ3n) is 1.31. The van der Waals surface area contributed by atoms with Crippen LogP contribution < -0.4 is 11.1 Å². The molecule has 12 heavy (non-hydrogen) atoms. The number of hydrogen-bond acceptors (Lipinski definition) is 2. The molecule has 0 atom stereocenters. The molecule has 0 rings (SSSR count). The highest BCUT2D eigenvalue weighted by atomic mass is 15.1. The maximum Gasteiger partial charge on any atom is 0.185 e. The van der Waals surface area contributed by atoms with E-state index in [4.69, 9.17) is 16.7 Å². The SMILES string of the molecule is [N-]=[N+]=NCCCCCNC(=N)N. The predicted octanol–water partition coefficient (Wildman–Crippen LogP) is 0.950. The largest absolute Gasteiger partial charge is 0.370 e. The Bertz CT molecular complexity index is 165. The van der Waals surface area contributed by atoms with Crippen LogP contribution in [0.2, 0.25) is 0 Å². The Morgan fingerprint density at radius 3 is 2.83 bits per heavy atom. The lowest BCUT2D eigenvalue weighted by atomic mass is 10.2. The van der Waals surface area contributed by atoms with Gasteiger partial charge >= 0.3 is 0 Å². The van der Waals surface area contributed by atoms with Crippen LogP contribution in [-0.2, 0) is 0 Å². The van der Waals surface area contributed by atoms with Gasteiger partial charge in [-0.15, -0.1) is 0 Å². The van der Waals surface area contributed by atoms with Gasteiger partial charge in [0.05, 0.1) is 0 Å². The van der Waals surface area contributed by atoms with Crippen LogP contribution in [0, 0.1) is 5.41 Å². The minimum absolute atomic E-state index is 0.00467. The zero-order valence-electron chi connectivity index (χ0n) is 6.95. The summed E-state index contributed by atoms with van der Waals surface area (Å²) in [5.41, 5.74) is 13.0. The van der Waals surface area contributed by atoms with Crippen molar-refractivity contribution in [1.82, 2.24) is 5.32 Å². The van der Waals surface area contributed by atoms with Crippen LogP contribution >= 0.6 is 0 Å². The van der Waals surface area contributed by atoms with Crippen LogP contribution in [0.3, 0.4) is 0 Å². The van der Waals surface area contributed by atoms with E-state index in [1.807, 2.05) is 0 Å². The van der Waals surface area contributed by atoms with E-state index in [9.17, 15) is 0 Å². The average molecular weight is 170 g/mol. The third-order valence-corrected chi connectivity index (χ3v) is 1.31. The first-order chi connectivity index (χ1) is 5.77. The molecular weight excluding hydrogens is 156 g/mol. The van der Waals surface area contributed by atoms with Crippen molar-refractivity contribution in [3.63, 3.8) is 0 Å². The molecule has 0 radical (unpaired) electrons. The van der Waals surface area contributed by atoms with E-state index >= 15 is 0 Å². The molecule has 68 valence electrons. The lowest BCUT2D eigenvalue weighted by molar-refractivity contribution is 0.667. The fourth-order valence-corrected chi connectivity index (χ4v) is 0.752. The van der Waals surface area contributed by atoms with Gasteiger partial charge < -0.3 is 11.1 Å². The van der Waals surface area contributed by atoms with Crippen molar-refractivity contribution in [2.24, 2.45) is 10.8 Å². The second kappa shape index (κ2) is 7.68. The highest BCUT2D eigenvalue weighted by Crippen LogP contribution is 1.93. The Kier molecular flexibility index (Phi) is 6.78. The smallest absolute Gasteiger partial charge is 0.185 e. The summed E-state index contributed by atoms with van der Waals surface area (Å²) in [6.45, 7) is 1.27. The second-order valence-electron chi connectivity index (χ2n) is 2.36. The van der Waals surface area contributed by atoms with Crippen LogP contribution in [0.4, 0.5) is 0 Å². The van der Waals surface area contributed by atoms with Gasteiger partial charge in [-0.05, 0) is 18.4 Å². The van der Waals surface area contributed by atoms with E-state index in [0.717, 1.165) is 19.3 Å². The van der Waals surface area contributed by atoms with Gasteiger partial charge in [0.25, 0.3) is 0 Å². The first kappa shape index (κ1) is 10.6. The molecule has 6 nitrogen and oxygen atoms in total. The topological polar surface area (TPSA) is 111 Å². The number of guanidine groups is 1. The summed E-state index contributed by atoms with van der Waals surface area (Å²) in [7, 11) is 0. The number of nitrogens with one attached hydrogen (secondary N) is 2. The molecule has 6 heteroatoms. The van der Waals surface area contributed by atoms with Gasteiger partial charge in [0.1, 0.15) is 0 Å². The fourth-order valence-electron chi connectivity index (χ4n) is 0.752. The second-order valence-corrected chi connectivity index (χ2v) is 2.36. The minimum Gasteiger partial charge on any atom is -0.370 e. The number of unbranched alkanes of at least 4 members (excludes halogenated alkanes) is 2. The molecule has 0 aromatic carbocycles. The summed E-state index contributed by atoms with van der Waals surface area (Å²) >= 11 is 0. The quantitative estimate of drug-likeness (QED) is 0.138. The summed E-state index contributed by atoms with van der Waals surface area (Å²) in [5.74, 6) is 0.00467. The van der Waals surface area contributed by atoms with E-state index in [1.54, 1.807) is 0 Å². The lowest BCUT2D eigenvalue weighted by Gasteiger charge is -2.01. The maximum absolute atomic E-state index is 7.94. The van der Waals surface area contributed by atoms with Gasteiger partial charge in [-0.25, -0.2) is 0 Å². The molecule has 0 aliphatic carbocycles. The van der Waals surface area contributed by atoms with Crippen molar-refractivity contribution in [3.8, 4) is 0 Å². The Balaban J connectivity index is 3.00. The molecule has 0 spiro atoms. The standard InChI is InChI=1S/C6H14N6/c7-6(8)10-4-2-1-3-5-11-12-9/h1-5H2,(H4,7,8,10). The number of hydrogen-bond donors (Lipinski definition) is 3. The van der Waals surface area contributed by atoms with Gasteiger partial charge in [-0.2, -0.15) is 0 Å². The fraction of sp³-hybridized carbons (Fsp3) is 0.833. The third kappa shape index (κ3) is 8.58. The van der Waals surface area contributed by atoms with Gasteiger partial charge in [-0.1, -0.05) is 11.5 Å². The maximum atomic E-state index is 7.94. The van der Waals surface area contributed by atoms with Gasteiger partial charge in [-0.3, -0.25) is 5.41 Å². The molecule has 0 aromatic rings. The Morgan fingerprint density at radius 1 is 1.50 bits per heavy atom. The molecule has 4 N–H and O–H groups in total. The van der Waals surface area contributed by atoms with Crippen molar-refractivity contribution in [2.45, 2.75) is 19.3 Å². The highest BCUT2D eigenvalue weighted by molar-refractivity contribution is 5.74. The van der Waals surface area contributed by atoms with Crippen molar-refractivity contribution in [3.05, 3.63) is 10.4 Å². The molecule has 0 aromatic heterocycles. The predicted molar refractivity (Wildman–Crippen MR) is 47.8 cm³/mol. The summed E-state index contributed by atoms with van der Waals surface area (Å²) in [5, 5.41) is 12.9. The van der Waals surface area contributed by atoms with E-state index in [1.165, 1.54) is 0 Å². The Labute approximate surface area is 71.3 Å². The highest BCUT2D eigenvalue weighted by Gasteiger charge is 1.88. The van der Waals surface area contributed by atoms with E-state index in [-0.39, 0.29) is 5.96 Å². The van der Waals surface area contributed by atoms with Crippen LogP contribution in [0.25, 0.3) is 10.4 Å². The molecule has 0 bridgehead atoms. The summed E-state index contributed by atoms with van der Waals surface area (Å²) in [6.07, 6.45) is 2.82. The molecule has 0 aliphatic heterocycles. The normalized spacial score (nSPS) is 8.67. The number of nitrogens with zero attached hydrogens (tertiary/aromatic N) is 3. The van der Waals surface area contributed by atoms with Crippen LogP contribution in [0.15, 0.2) is 5.11 Å². The molecule has 0 aliphatic rings. The molecule has 0 saturated heterocycles. The Morgan fingerprint density at radius 2 is 2.25 bits per heavy atom. The van der Waals surface area contributed by atoms with Crippen molar-refractivity contribution >= 4 is 5.96 Å². The molecular formula is C6H14N6. The van der Waals surface area contributed by atoms with E-state index in [2.05, 4.69) is 15.3 Å². The number of azide groups is 1. The number of rotatable bonds is 6. The Hall–Kier alpha value is -1.42. The average Bonchev–Trinajstić information content (AvgIpc) is 2.02. The first-order valence-corrected chi connectivity index (χ1v) is 3.86. The summed E-state index contributed by atoms with van der Waals surface area (Å²) in [6, 6.07) is 0. The summed E-state index contributed by atoms with van der Waals surface area (Å²) in [4.78, 5) is 2.64. The number of nitrogens with two attached hydrogens (primary N) is 1. The molecule has 0 heterocycles. The zero-order chi connectivity index (χ0) is 9.23.